The van der Waals surface area contributed by atoms with Crippen molar-refractivity contribution in [1.29, 1.82) is 0 Å². The van der Waals surface area contributed by atoms with E-state index in [2.05, 4.69) is 9.97 Å². The molecule has 1 N–H and O–H groups in total. The van der Waals surface area contributed by atoms with Gasteiger partial charge in [0.1, 0.15) is 0 Å². The van der Waals surface area contributed by atoms with Crippen molar-refractivity contribution in [1.82, 2.24) is 9.97 Å². The number of rotatable bonds is 6. The summed E-state index contributed by atoms with van der Waals surface area (Å²) in [4.78, 5) is 31.8. The third-order valence-electron chi connectivity index (χ3n) is 4.05. The summed E-state index contributed by atoms with van der Waals surface area (Å²) in [5, 5.41) is 0.700. The maximum atomic E-state index is 12.6. The molecule has 0 saturated heterocycles. The lowest BCUT2D eigenvalue weighted by Crippen LogP contribution is -2.17. The van der Waals surface area contributed by atoms with Gasteiger partial charge < -0.3 is 19.2 Å². The van der Waals surface area contributed by atoms with Crippen molar-refractivity contribution in [2.75, 3.05) is 13.7 Å². The molecule has 0 aliphatic heterocycles. The number of hydrogen-bond donors (Lipinski definition) is 1. The normalized spacial score (nSPS) is 11.9. The predicted octanol–water partition coefficient (Wildman–Crippen LogP) is 3.90. The molecule has 1 heterocycles. The molecular weight excluding hydrogens is 384 g/mol. The number of nitrogens with zero attached hydrogens (tertiary/aromatic N) is 1. The number of hydrogen-bond acceptors (Lipinski definition) is 6. The number of benzene rings is 2. The Labute approximate surface area is 166 Å². The highest BCUT2D eigenvalue weighted by Gasteiger charge is 2.20. The number of ether oxygens (including phenoxy) is 3. The summed E-state index contributed by atoms with van der Waals surface area (Å²) in [5.41, 5.74) is 0.421. The predicted molar refractivity (Wildman–Crippen MR) is 105 cm³/mol. The van der Waals surface area contributed by atoms with Gasteiger partial charge in [0, 0.05) is 0 Å². The second-order valence-corrected chi connectivity index (χ2v) is 6.35. The highest BCUT2D eigenvalue weighted by molar-refractivity contribution is 6.32. The largest absolute Gasteiger partial charge is 0.493 e. The topological polar surface area (TPSA) is 90.5 Å². The van der Waals surface area contributed by atoms with E-state index in [1.807, 2.05) is 6.92 Å². The average molecular weight is 403 g/mol. The Bertz CT molecular complexity index is 1080. The van der Waals surface area contributed by atoms with E-state index in [1.54, 1.807) is 31.2 Å². The molecule has 0 unspecified atom stereocenters. The van der Waals surface area contributed by atoms with Crippen LogP contribution in [-0.2, 0) is 4.74 Å². The Morgan fingerprint density at radius 1 is 1.29 bits per heavy atom. The second kappa shape index (κ2) is 8.31. The molecule has 0 bridgehead atoms. The molecule has 3 rings (SSSR count). The number of fused-ring (bicyclic) bond motifs is 1. The fraction of sp³-hybridized carbons (Fsp3) is 0.250. The van der Waals surface area contributed by atoms with E-state index in [0.29, 0.717) is 29.0 Å². The van der Waals surface area contributed by atoms with E-state index in [1.165, 1.54) is 19.2 Å². The molecule has 0 aliphatic carbocycles. The number of methoxy groups -OCH3 is 1. The monoisotopic (exact) mass is 402 g/mol. The highest BCUT2D eigenvalue weighted by atomic mass is 35.5. The molecule has 0 radical (unpaired) electrons. The van der Waals surface area contributed by atoms with E-state index in [0.717, 1.165) is 0 Å². The molecule has 1 aromatic heterocycles. The van der Waals surface area contributed by atoms with Gasteiger partial charge in [0.25, 0.3) is 5.56 Å². The van der Waals surface area contributed by atoms with Gasteiger partial charge in [-0.2, -0.15) is 0 Å². The fourth-order valence-electron chi connectivity index (χ4n) is 2.70. The van der Waals surface area contributed by atoms with Crippen LogP contribution in [0.25, 0.3) is 10.9 Å². The Kier molecular flexibility index (Phi) is 5.84. The van der Waals surface area contributed by atoms with Gasteiger partial charge in [0.2, 0.25) is 0 Å². The number of nitrogens with one attached hydrogen (secondary N) is 1. The minimum atomic E-state index is -0.777. The van der Waals surface area contributed by atoms with Crippen molar-refractivity contribution >= 4 is 28.5 Å². The SMILES string of the molecule is CCOc1c(Cl)cc(C(=O)O[C@@H](C)c2nc3ccccc3c(=O)[nH]2)cc1OC. The number of carbonyl (C=O) groups is 1. The summed E-state index contributed by atoms with van der Waals surface area (Å²) in [5.74, 6) is 0.301. The first-order valence-corrected chi connectivity index (χ1v) is 9.02. The van der Waals surface area contributed by atoms with Gasteiger partial charge in [0.15, 0.2) is 23.4 Å². The van der Waals surface area contributed by atoms with E-state index < -0.39 is 12.1 Å². The van der Waals surface area contributed by atoms with Crippen LogP contribution in [0.3, 0.4) is 0 Å². The van der Waals surface area contributed by atoms with Gasteiger partial charge in [-0.15, -0.1) is 0 Å². The van der Waals surface area contributed by atoms with E-state index in [9.17, 15) is 9.59 Å². The van der Waals surface area contributed by atoms with E-state index in [-0.39, 0.29) is 22.0 Å². The zero-order chi connectivity index (χ0) is 20.3. The van der Waals surface area contributed by atoms with Crippen LogP contribution in [0, 0.1) is 0 Å². The number of halogens is 1. The summed E-state index contributed by atoms with van der Waals surface area (Å²) < 4.78 is 16.1. The third kappa shape index (κ3) is 3.94. The van der Waals surface area contributed by atoms with Crippen LogP contribution in [0.5, 0.6) is 11.5 Å². The molecule has 0 aliphatic rings. The summed E-state index contributed by atoms with van der Waals surface area (Å²) in [6.07, 6.45) is -0.777. The number of carbonyl (C=O) groups excluding carboxylic acids is 1. The standard InChI is InChI=1S/C20H19ClN2O5/c1-4-27-17-14(21)9-12(10-16(17)26-3)20(25)28-11(2)18-22-15-8-6-5-7-13(15)19(24)23-18/h5-11H,4H2,1-3H3,(H,22,23,24)/t11-/m0/s1. The van der Waals surface area contributed by atoms with Crippen LogP contribution in [-0.4, -0.2) is 29.7 Å². The summed E-state index contributed by atoms with van der Waals surface area (Å²) in [6, 6.07) is 9.87. The number of aromatic amines is 1. The molecule has 2 aromatic carbocycles. The zero-order valence-electron chi connectivity index (χ0n) is 15.6. The zero-order valence-corrected chi connectivity index (χ0v) is 16.4. The van der Waals surface area contributed by atoms with Gasteiger partial charge in [-0.05, 0) is 38.1 Å². The number of para-hydroxylation sites is 1. The molecule has 1 atom stereocenters. The van der Waals surface area contributed by atoms with Crippen LogP contribution in [0.2, 0.25) is 5.02 Å². The lowest BCUT2D eigenvalue weighted by molar-refractivity contribution is 0.0319. The highest BCUT2D eigenvalue weighted by Crippen LogP contribution is 2.36. The van der Waals surface area contributed by atoms with Gasteiger partial charge in [0.05, 0.1) is 35.2 Å². The number of aromatic nitrogens is 2. The first kappa shape index (κ1) is 19.7. The number of esters is 1. The Balaban J connectivity index is 1.87. The van der Waals surface area contributed by atoms with Gasteiger partial charge in [-0.3, -0.25) is 4.79 Å². The smallest absolute Gasteiger partial charge is 0.339 e. The fourth-order valence-corrected chi connectivity index (χ4v) is 2.97. The van der Waals surface area contributed by atoms with Crippen LogP contribution >= 0.6 is 11.6 Å². The van der Waals surface area contributed by atoms with Crippen LogP contribution in [0.4, 0.5) is 0 Å². The molecule has 3 aromatic rings. The molecule has 7 nitrogen and oxygen atoms in total. The van der Waals surface area contributed by atoms with E-state index in [4.69, 9.17) is 25.8 Å². The molecule has 0 saturated carbocycles. The van der Waals surface area contributed by atoms with Crippen LogP contribution in [0.15, 0.2) is 41.2 Å². The first-order chi connectivity index (χ1) is 13.4. The van der Waals surface area contributed by atoms with Crippen molar-refractivity contribution in [3.05, 3.63) is 63.2 Å². The Hall–Kier alpha value is -3.06. The third-order valence-corrected chi connectivity index (χ3v) is 4.33. The van der Waals surface area contributed by atoms with Gasteiger partial charge in [-0.1, -0.05) is 23.7 Å². The van der Waals surface area contributed by atoms with Crippen molar-refractivity contribution in [3.63, 3.8) is 0 Å². The molecule has 0 amide bonds. The maximum Gasteiger partial charge on any atom is 0.339 e. The van der Waals surface area contributed by atoms with Gasteiger partial charge in [-0.25, -0.2) is 9.78 Å². The number of H-pyrrole nitrogens is 1. The maximum absolute atomic E-state index is 12.6. The second-order valence-electron chi connectivity index (χ2n) is 5.94. The molecule has 28 heavy (non-hydrogen) atoms. The molecule has 146 valence electrons. The first-order valence-electron chi connectivity index (χ1n) is 8.64. The summed E-state index contributed by atoms with van der Waals surface area (Å²) in [6.45, 7) is 3.84. The summed E-state index contributed by atoms with van der Waals surface area (Å²) >= 11 is 6.20. The van der Waals surface area contributed by atoms with Crippen molar-refractivity contribution < 1.29 is 19.0 Å². The molecule has 0 fully saturated rings. The quantitative estimate of drug-likeness (QED) is 0.629. The summed E-state index contributed by atoms with van der Waals surface area (Å²) in [7, 11) is 1.45. The lowest BCUT2D eigenvalue weighted by atomic mass is 10.2. The van der Waals surface area contributed by atoms with Crippen molar-refractivity contribution in [2.45, 2.75) is 20.0 Å². The molecule has 0 spiro atoms. The molecule has 8 heteroatoms. The van der Waals surface area contributed by atoms with Crippen molar-refractivity contribution in [2.24, 2.45) is 0 Å². The Morgan fingerprint density at radius 2 is 2.04 bits per heavy atom. The van der Waals surface area contributed by atoms with E-state index >= 15 is 0 Å². The average Bonchev–Trinajstić information content (AvgIpc) is 2.69. The van der Waals surface area contributed by atoms with Crippen LogP contribution in [0.1, 0.15) is 36.1 Å². The molecular formula is C20H19ClN2O5. The minimum Gasteiger partial charge on any atom is -0.493 e. The van der Waals surface area contributed by atoms with Crippen molar-refractivity contribution in [3.8, 4) is 11.5 Å². The minimum absolute atomic E-state index is 0.195. The lowest BCUT2D eigenvalue weighted by Gasteiger charge is -2.15. The van der Waals surface area contributed by atoms with Gasteiger partial charge >= 0.3 is 5.97 Å². The van der Waals surface area contributed by atoms with Crippen LogP contribution < -0.4 is 15.0 Å². The Morgan fingerprint density at radius 3 is 2.75 bits per heavy atom.